The van der Waals surface area contributed by atoms with Gasteiger partial charge in [-0.15, -0.1) is 0 Å². The molecule has 1 heterocycles. The summed E-state index contributed by atoms with van der Waals surface area (Å²) in [5.74, 6) is -7.53. The van der Waals surface area contributed by atoms with Crippen LogP contribution in [-0.2, 0) is 0 Å². The largest absolute Gasteiger partial charge is 0.504 e. The van der Waals surface area contributed by atoms with Crippen LogP contribution in [0.25, 0.3) is 109 Å². The Morgan fingerprint density at radius 2 is 0.712 bits per heavy atom. The number of hydrogen-bond donors (Lipinski definition) is 8. The highest BCUT2D eigenvalue weighted by Crippen LogP contribution is 2.63. The lowest BCUT2D eigenvalue weighted by Crippen LogP contribution is -1.97. The second kappa shape index (κ2) is 12.1. The fourth-order valence-electron chi connectivity index (χ4n) is 9.13. The van der Waals surface area contributed by atoms with Crippen LogP contribution in [0.1, 0.15) is 0 Å². The van der Waals surface area contributed by atoms with E-state index in [1.807, 2.05) is 103 Å². The first-order valence-corrected chi connectivity index (χ1v) is 18.7. The lowest BCUT2D eigenvalue weighted by molar-refractivity contribution is 0.350. The highest BCUT2D eigenvalue weighted by molar-refractivity contribution is 6.32. The lowest BCUT2D eigenvalue weighted by atomic mass is 9.80. The van der Waals surface area contributed by atoms with Gasteiger partial charge in [0.15, 0.2) is 23.0 Å². The zero-order valence-corrected chi connectivity index (χ0v) is 30.7. The normalized spacial score (nSPS) is 11.9. The van der Waals surface area contributed by atoms with E-state index < -0.39 is 46.0 Å². The molecule has 59 heavy (non-hydrogen) atoms. The summed E-state index contributed by atoms with van der Waals surface area (Å²) in [6.07, 6.45) is 0. The molecule has 1 aromatic heterocycles. The second-order valence-corrected chi connectivity index (χ2v) is 14.7. The lowest BCUT2D eigenvalue weighted by Gasteiger charge is -2.24. The molecule has 0 bridgehead atoms. The fraction of sp³-hybridized carbons (Fsp3) is 0. The molecule has 0 aliphatic heterocycles. The molecule has 11 aromatic rings. The van der Waals surface area contributed by atoms with Crippen LogP contribution in [0.5, 0.6) is 46.0 Å². The SMILES string of the molecule is Oc1c(O)c(O)c2c(-c3cccc4ccccc34)c3c(O)c(O)c(O)c(O)c3c(-c3ccc4ccccc4c3-c3cccc4oc5c6ccccc6ccc5c34)c2c1O. The molecule has 11 rings (SSSR count). The van der Waals surface area contributed by atoms with Gasteiger partial charge in [-0.05, 0) is 61.3 Å². The topological polar surface area (TPSA) is 175 Å². The third-order valence-electron chi connectivity index (χ3n) is 11.7. The summed E-state index contributed by atoms with van der Waals surface area (Å²) in [6, 6.07) is 41.3. The molecule has 0 fully saturated rings. The van der Waals surface area contributed by atoms with Crippen molar-refractivity contribution in [1.82, 2.24) is 0 Å². The smallest absolute Gasteiger partial charge is 0.204 e. The van der Waals surface area contributed by atoms with Crippen LogP contribution in [0.2, 0.25) is 0 Å². The number of rotatable bonds is 3. The van der Waals surface area contributed by atoms with Crippen LogP contribution in [0.15, 0.2) is 138 Å². The highest BCUT2D eigenvalue weighted by atomic mass is 16.4. The third-order valence-corrected chi connectivity index (χ3v) is 11.7. The van der Waals surface area contributed by atoms with Gasteiger partial charge in [0.1, 0.15) is 11.2 Å². The Morgan fingerprint density at radius 3 is 1.32 bits per heavy atom. The van der Waals surface area contributed by atoms with E-state index in [0.29, 0.717) is 38.8 Å². The predicted octanol–water partition coefficient (Wildman–Crippen LogP) is 12.0. The minimum atomic E-state index is -1.04. The zero-order chi connectivity index (χ0) is 40.4. The van der Waals surface area contributed by atoms with Crippen molar-refractivity contribution in [1.29, 1.82) is 0 Å². The number of fused-ring (bicyclic) bond motifs is 9. The fourth-order valence-corrected chi connectivity index (χ4v) is 9.13. The van der Waals surface area contributed by atoms with E-state index in [0.717, 1.165) is 37.7 Å². The number of aromatic hydroxyl groups is 8. The summed E-state index contributed by atoms with van der Waals surface area (Å²) in [6.45, 7) is 0. The summed E-state index contributed by atoms with van der Waals surface area (Å²) < 4.78 is 6.59. The molecule has 9 heteroatoms. The van der Waals surface area contributed by atoms with Crippen LogP contribution >= 0.6 is 0 Å². The van der Waals surface area contributed by atoms with Crippen molar-refractivity contribution in [3.8, 4) is 79.4 Å². The van der Waals surface area contributed by atoms with Crippen LogP contribution in [0.4, 0.5) is 0 Å². The van der Waals surface area contributed by atoms with Gasteiger partial charge in [-0.25, -0.2) is 0 Å². The summed E-state index contributed by atoms with van der Waals surface area (Å²) in [4.78, 5) is 0. The minimum Gasteiger partial charge on any atom is -0.504 e. The van der Waals surface area contributed by atoms with Crippen molar-refractivity contribution in [2.24, 2.45) is 0 Å². The van der Waals surface area contributed by atoms with Crippen LogP contribution < -0.4 is 0 Å². The van der Waals surface area contributed by atoms with E-state index in [2.05, 4.69) is 0 Å². The Labute approximate surface area is 333 Å². The molecule has 10 aromatic carbocycles. The maximum absolute atomic E-state index is 12.1. The molecule has 0 aliphatic carbocycles. The van der Waals surface area contributed by atoms with Crippen molar-refractivity contribution < 1.29 is 45.3 Å². The first-order valence-electron chi connectivity index (χ1n) is 18.7. The predicted molar refractivity (Wildman–Crippen MR) is 231 cm³/mol. The van der Waals surface area contributed by atoms with Crippen LogP contribution in [0.3, 0.4) is 0 Å². The number of phenols is 8. The molecular formula is C50H30O9. The molecule has 0 saturated heterocycles. The van der Waals surface area contributed by atoms with Crippen molar-refractivity contribution in [3.05, 3.63) is 133 Å². The number of phenolic OH excluding ortho intramolecular Hbond substituents is 8. The Bertz CT molecular complexity index is 3570. The van der Waals surface area contributed by atoms with Crippen molar-refractivity contribution in [2.75, 3.05) is 0 Å². The molecule has 0 amide bonds. The standard InChI is InChI=1S/C50H30O9/c51-42-38-36(29-16-7-12-23-9-1-4-13-26(23)29)39-41(45(54)49(58)47(56)43(39)52)37(40(38)44(53)48(57)46(42)55)31-21-19-24-10-2-5-14-27(24)34(31)30-17-8-18-33-35(30)32-22-20-25-11-3-6-15-28(25)50(32)59-33/h1-22,51-58H. The van der Waals surface area contributed by atoms with Gasteiger partial charge in [0.2, 0.25) is 23.0 Å². The molecule has 284 valence electrons. The molecule has 8 N–H and O–H groups in total. The van der Waals surface area contributed by atoms with E-state index in [-0.39, 0.29) is 32.7 Å². The average Bonchev–Trinajstić information content (AvgIpc) is 3.67. The number of furan rings is 1. The summed E-state index contributed by atoms with van der Waals surface area (Å²) in [7, 11) is 0. The molecule has 0 saturated carbocycles. The Hall–Kier alpha value is -8.30. The Kier molecular flexibility index (Phi) is 6.97. The third kappa shape index (κ3) is 4.49. The van der Waals surface area contributed by atoms with Crippen LogP contribution in [-0.4, -0.2) is 40.9 Å². The summed E-state index contributed by atoms with van der Waals surface area (Å²) in [5, 5.41) is 98.6. The van der Waals surface area contributed by atoms with Crippen molar-refractivity contribution >= 4 is 75.8 Å². The van der Waals surface area contributed by atoms with E-state index in [4.69, 9.17) is 4.42 Å². The molecule has 0 atom stereocenters. The van der Waals surface area contributed by atoms with E-state index in [9.17, 15) is 40.9 Å². The van der Waals surface area contributed by atoms with Gasteiger partial charge in [0.05, 0.1) is 0 Å². The van der Waals surface area contributed by atoms with E-state index in [1.54, 1.807) is 30.3 Å². The first kappa shape index (κ1) is 34.0. The van der Waals surface area contributed by atoms with Gasteiger partial charge in [-0.3, -0.25) is 0 Å². The highest BCUT2D eigenvalue weighted by Gasteiger charge is 2.34. The molecule has 0 radical (unpaired) electrons. The maximum Gasteiger partial charge on any atom is 0.204 e. The Balaban J connectivity index is 1.41. The summed E-state index contributed by atoms with van der Waals surface area (Å²) >= 11 is 0. The first-order chi connectivity index (χ1) is 28.7. The van der Waals surface area contributed by atoms with Gasteiger partial charge in [-0.2, -0.15) is 0 Å². The molecule has 0 spiro atoms. The molecule has 0 aliphatic rings. The van der Waals surface area contributed by atoms with Gasteiger partial charge >= 0.3 is 0 Å². The quantitative estimate of drug-likeness (QED) is 0.0493. The van der Waals surface area contributed by atoms with Crippen molar-refractivity contribution in [3.63, 3.8) is 0 Å². The number of hydrogen-bond acceptors (Lipinski definition) is 9. The molecular weight excluding hydrogens is 745 g/mol. The maximum atomic E-state index is 12.1. The van der Waals surface area contributed by atoms with Gasteiger partial charge < -0.3 is 45.3 Å². The second-order valence-electron chi connectivity index (χ2n) is 14.7. The zero-order valence-electron chi connectivity index (χ0n) is 30.7. The van der Waals surface area contributed by atoms with E-state index in [1.165, 1.54) is 0 Å². The minimum absolute atomic E-state index is 0.0149. The Morgan fingerprint density at radius 1 is 0.271 bits per heavy atom. The van der Waals surface area contributed by atoms with Gasteiger partial charge in [-0.1, -0.05) is 121 Å². The average molecular weight is 775 g/mol. The summed E-state index contributed by atoms with van der Waals surface area (Å²) in [5.41, 5.74) is 3.15. The van der Waals surface area contributed by atoms with Gasteiger partial charge in [0, 0.05) is 48.8 Å². The molecule has 0 unspecified atom stereocenters. The van der Waals surface area contributed by atoms with Crippen LogP contribution in [0, 0.1) is 0 Å². The van der Waals surface area contributed by atoms with E-state index >= 15 is 0 Å². The molecule has 9 nitrogen and oxygen atoms in total. The van der Waals surface area contributed by atoms with Gasteiger partial charge in [0.25, 0.3) is 0 Å². The van der Waals surface area contributed by atoms with Crippen molar-refractivity contribution in [2.45, 2.75) is 0 Å². The monoisotopic (exact) mass is 774 g/mol. The number of benzene rings is 10.